The second-order valence-electron chi connectivity index (χ2n) is 8.70. The highest BCUT2D eigenvalue weighted by Crippen LogP contribution is 2.39. The number of methoxy groups -OCH3 is 1. The Morgan fingerprint density at radius 3 is 2.43 bits per heavy atom. The van der Waals surface area contributed by atoms with Crippen LogP contribution in [0.3, 0.4) is 0 Å². The molecule has 1 N–H and O–H groups in total. The topological polar surface area (TPSA) is 82.2 Å². The maximum Gasteiger partial charge on any atom is 0.253 e. The minimum atomic E-state index is -0.817. The Bertz CT molecular complexity index is 1090. The van der Waals surface area contributed by atoms with Gasteiger partial charge < -0.3 is 24.8 Å². The van der Waals surface area contributed by atoms with Crippen LogP contribution in [0.5, 0.6) is 0 Å². The van der Waals surface area contributed by atoms with E-state index in [1.54, 1.807) is 35.1 Å². The van der Waals surface area contributed by atoms with Crippen LogP contribution in [0.1, 0.15) is 23.2 Å². The molecule has 0 unspecified atom stereocenters. The van der Waals surface area contributed by atoms with Gasteiger partial charge in [-0.1, -0.05) is 41.4 Å². The highest BCUT2D eigenvalue weighted by Gasteiger charge is 2.54. The average molecular weight is 519 g/mol. The van der Waals surface area contributed by atoms with Gasteiger partial charge in [0.15, 0.2) is 0 Å². The third kappa shape index (κ3) is 5.24. The van der Waals surface area contributed by atoms with Gasteiger partial charge in [-0.2, -0.15) is 0 Å². The van der Waals surface area contributed by atoms with Crippen molar-refractivity contribution in [3.63, 3.8) is 0 Å². The van der Waals surface area contributed by atoms with Gasteiger partial charge in [-0.05, 0) is 43.2 Å². The summed E-state index contributed by atoms with van der Waals surface area (Å²) in [7, 11) is 1.57. The molecule has 2 aliphatic rings. The second kappa shape index (κ2) is 10.8. The van der Waals surface area contributed by atoms with Crippen LogP contribution in [0.25, 0.3) is 0 Å². The quantitative estimate of drug-likeness (QED) is 0.569. The number of hydrogen-bond acceptors (Lipinski definition) is 5. The lowest BCUT2D eigenvalue weighted by atomic mass is 9.85. The fourth-order valence-corrected chi connectivity index (χ4v) is 5.03. The molecule has 10 heteroatoms. The SMILES string of the molecule is COCCNC(=O)CN1CN(c2ccccc2)C2(CCN(C(=O)c3ccc(Cl)c(Cl)c3)CC2)C1=O. The summed E-state index contributed by atoms with van der Waals surface area (Å²) < 4.78 is 4.97. The van der Waals surface area contributed by atoms with Crippen molar-refractivity contribution < 1.29 is 19.1 Å². The smallest absolute Gasteiger partial charge is 0.253 e. The molecule has 1 spiro atoms. The monoisotopic (exact) mass is 518 g/mol. The zero-order valence-electron chi connectivity index (χ0n) is 19.5. The van der Waals surface area contributed by atoms with Gasteiger partial charge in [-0.25, -0.2) is 0 Å². The fourth-order valence-electron chi connectivity index (χ4n) is 4.74. The highest BCUT2D eigenvalue weighted by atomic mass is 35.5. The molecule has 2 aromatic carbocycles. The normalized spacial score (nSPS) is 17.2. The van der Waals surface area contributed by atoms with Crippen molar-refractivity contribution in [1.82, 2.24) is 15.1 Å². The molecular formula is C25H28Cl2N4O4. The summed E-state index contributed by atoms with van der Waals surface area (Å²) in [6, 6.07) is 14.5. The van der Waals surface area contributed by atoms with Gasteiger partial charge in [0.2, 0.25) is 5.91 Å². The van der Waals surface area contributed by atoms with E-state index >= 15 is 0 Å². The third-order valence-electron chi connectivity index (χ3n) is 6.59. The molecule has 4 rings (SSSR count). The van der Waals surface area contributed by atoms with Crippen molar-refractivity contribution >= 4 is 46.6 Å². The number of para-hydroxylation sites is 1. The molecule has 8 nitrogen and oxygen atoms in total. The van der Waals surface area contributed by atoms with Gasteiger partial charge >= 0.3 is 0 Å². The van der Waals surface area contributed by atoms with E-state index in [2.05, 4.69) is 10.2 Å². The first-order valence-corrected chi connectivity index (χ1v) is 12.2. The molecule has 0 atom stereocenters. The van der Waals surface area contributed by atoms with Crippen LogP contribution in [0.2, 0.25) is 10.0 Å². The van der Waals surface area contributed by atoms with E-state index in [0.29, 0.717) is 61.4 Å². The Morgan fingerprint density at radius 2 is 1.77 bits per heavy atom. The summed E-state index contributed by atoms with van der Waals surface area (Å²) in [5.41, 5.74) is 0.553. The van der Waals surface area contributed by atoms with Crippen molar-refractivity contribution in [3.8, 4) is 0 Å². The fraction of sp³-hybridized carbons (Fsp3) is 0.400. The van der Waals surface area contributed by atoms with E-state index < -0.39 is 5.54 Å². The van der Waals surface area contributed by atoms with E-state index in [4.69, 9.17) is 27.9 Å². The number of ether oxygens (including phenoxy) is 1. The van der Waals surface area contributed by atoms with Gasteiger partial charge in [0.1, 0.15) is 12.1 Å². The first-order valence-electron chi connectivity index (χ1n) is 11.5. The number of amides is 3. The van der Waals surface area contributed by atoms with Crippen LogP contribution in [0, 0.1) is 0 Å². The van der Waals surface area contributed by atoms with E-state index in [1.807, 2.05) is 30.3 Å². The number of anilines is 1. The molecule has 0 saturated carbocycles. The van der Waals surface area contributed by atoms with E-state index in [9.17, 15) is 14.4 Å². The van der Waals surface area contributed by atoms with Gasteiger partial charge in [-0.3, -0.25) is 14.4 Å². The van der Waals surface area contributed by atoms with Crippen molar-refractivity contribution in [1.29, 1.82) is 0 Å². The summed E-state index contributed by atoms with van der Waals surface area (Å²) >= 11 is 12.1. The van der Waals surface area contributed by atoms with Crippen LogP contribution < -0.4 is 10.2 Å². The number of hydrogen-bond donors (Lipinski definition) is 1. The van der Waals surface area contributed by atoms with Crippen LogP contribution in [-0.2, 0) is 14.3 Å². The molecule has 2 aliphatic heterocycles. The zero-order chi connectivity index (χ0) is 25.0. The second-order valence-corrected chi connectivity index (χ2v) is 9.52. The summed E-state index contributed by atoms with van der Waals surface area (Å²) in [5, 5.41) is 3.49. The molecule has 0 aromatic heterocycles. The van der Waals surface area contributed by atoms with Crippen LogP contribution >= 0.6 is 23.2 Å². The van der Waals surface area contributed by atoms with Gasteiger partial charge in [-0.15, -0.1) is 0 Å². The standard InChI is InChI=1S/C25H28Cl2N4O4/c1-35-14-11-28-22(32)16-30-17-31(19-5-3-2-4-6-19)25(24(30)34)9-12-29(13-10-25)23(33)18-7-8-20(26)21(27)15-18/h2-8,15H,9-14,16-17H2,1H3,(H,28,32). The Morgan fingerprint density at radius 1 is 1.06 bits per heavy atom. The lowest BCUT2D eigenvalue weighted by Gasteiger charge is -2.43. The number of halogens is 2. The van der Waals surface area contributed by atoms with Crippen LogP contribution in [0.4, 0.5) is 5.69 Å². The number of nitrogens with one attached hydrogen (secondary N) is 1. The van der Waals surface area contributed by atoms with Crippen molar-refractivity contribution in [3.05, 3.63) is 64.1 Å². The van der Waals surface area contributed by atoms with Crippen molar-refractivity contribution in [2.45, 2.75) is 18.4 Å². The Balaban J connectivity index is 1.51. The van der Waals surface area contributed by atoms with E-state index in [-0.39, 0.29) is 24.3 Å². The molecule has 0 radical (unpaired) electrons. The predicted octanol–water partition coefficient (Wildman–Crippen LogP) is 3.04. The molecule has 0 bridgehead atoms. The summed E-state index contributed by atoms with van der Waals surface area (Å²) in [6.07, 6.45) is 0.908. The Hall–Kier alpha value is -2.81. The minimum absolute atomic E-state index is 0.0282. The van der Waals surface area contributed by atoms with Crippen LogP contribution in [-0.4, -0.2) is 79.6 Å². The Kier molecular flexibility index (Phi) is 7.84. The zero-order valence-corrected chi connectivity index (χ0v) is 21.0. The van der Waals surface area contributed by atoms with Gasteiger partial charge in [0.05, 0.1) is 23.3 Å². The summed E-state index contributed by atoms with van der Waals surface area (Å²) in [4.78, 5) is 44.6. The number of benzene rings is 2. The maximum atomic E-state index is 13.7. The first kappa shape index (κ1) is 25.3. The molecule has 2 aromatic rings. The van der Waals surface area contributed by atoms with E-state index in [1.165, 1.54) is 0 Å². The number of likely N-dealkylation sites (tertiary alicyclic amines) is 1. The number of carbonyl (C=O) groups is 3. The molecule has 0 aliphatic carbocycles. The minimum Gasteiger partial charge on any atom is -0.383 e. The molecule has 186 valence electrons. The third-order valence-corrected chi connectivity index (χ3v) is 7.33. The van der Waals surface area contributed by atoms with Crippen molar-refractivity contribution in [2.24, 2.45) is 0 Å². The highest BCUT2D eigenvalue weighted by molar-refractivity contribution is 6.42. The lowest BCUT2D eigenvalue weighted by Crippen LogP contribution is -2.57. The Labute approximate surface area is 214 Å². The van der Waals surface area contributed by atoms with E-state index in [0.717, 1.165) is 5.69 Å². The molecule has 2 heterocycles. The number of carbonyl (C=O) groups excluding carboxylic acids is 3. The number of nitrogens with zero attached hydrogens (tertiary/aromatic N) is 3. The first-order chi connectivity index (χ1) is 16.9. The van der Waals surface area contributed by atoms with Gasteiger partial charge in [0.25, 0.3) is 11.8 Å². The molecular weight excluding hydrogens is 491 g/mol. The molecule has 35 heavy (non-hydrogen) atoms. The van der Waals surface area contributed by atoms with Crippen molar-refractivity contribution in [2.75, 3.05) is 51.5 Å². The molecule has 3 amide bonds. The predicted molar refractivity (Wildman–Crippen MR) is 135 cm³/mol. The summed E-state index contributed by atoms with van der Waals surface area (Å²) in [6.45, 7) is 1.88. The number of rotatable bonds is 7. The number of piperidine rings is 1. The van der Waals surface area contributed by atoms with Crippen LogP contribution in [0.15, 0.2) is 48.5 Å². The molecule has 2 saturated heterocycles. The average Bonchev–Trinajstić information content (AvgIpc) is 3.12. The molecule has 2 fully saturated rings. The van der Waals surface area contributed by atoms with Gasteiger partial charge in [0, 0.05) is 38.0 Å². The lowest BCUT2D eigenvalue weighted by molar-refractivity contribution is -0.137. The summed E-state index contributed by atoms with van der Waals surface area (Å²) in [5.74, 6) is -0.470. The maximum absolute atomic E-state index is 13.7. The largest absolute Gasteiger partial charge is 0.383 e.